The molecule has 46 heavy (non-hydrogen) atoms. The van der Waals surface area contributed by atoms with E-state index in [0.29, 0.717) is 51.2 Å². The number of carboxylic acid groups (broad SMARTS) is 1. The van der Waals surface area contributed by atoms with Gasteiger partial charge >= 0.3 is 5.97 Å². The lowest BCUT2D eigenvalue weighted by Crippen LogP contribution is -2.03. The number of rotatable bonds is 9. The molecular formula is C36H28N4O6. The third-order valence-corrected chi connectivity index (χ3v) is 7.29. The molecule has 0 spiro atoms. The number of ether oxygens (including phenoxy) is 2. The highest BCUT2D eigenvalue weighted by Gasteiger charge is 2.16. The number of aliphatic hydroxyl groups is 2. The molecule has 10 heteroatoms. The first-order chi connectivity index (χ1) is 22.3. The van der Waals surface area contributed by atoms with Crippen molar-refractivity contribution in [3.8, 4) is 67.9 Å². The highest BCUT2D eigenvalue weighted by molar-refractivity contribution is 5.88. The lowest BCUT2D eigenvalue weighted by molar-refractivity contribution is -0.0457. The molecule has 0 amide bonds. The standard InChI is InChI=1S/C36H28N4O6/c1-45-25-13-9-21(10-14-25)23-17-31(39-33(19-23)35(41)42)29-7-3-5-27(37-29)28-6-4-8-30(38-28)32-18-24(20-34(40-32)36(43)44)22-11-15-26(46-2)16-12-22/h3-20,35,41-42H,1-2H3,(H,43,44). The molecule has 6 rings (SSSR count). The highest BCUT2D eigenvalue weighted by Crippen LogP contribution is 2.31. The van der Waals surface area contributed by atoms with E-state index in [2.05, 4.69) is 9.97 Å². The van der Waals surface area contributed by atoms with Gasteiger partial charge in [-0.3, -0.25) is 0 Å². The first kappa shape index (κ1) is 30.1. The summed E-state index contributed by atoms with van der Waals surface area (Å²) in [7, 11) is 3.17. The molecule has 0 fully saturated rings. The maximum Gasteiger partial charge on any atom is 0.354 e. The van der Waals surface area contributed by atoms with Crippen molar-refractivity contribution in [3.05, 3.63) is 121 Å². The van der Waals surface area contributed by atoms with Crippen LogP contribution in [0.4, 0.5) is 0 Å². The van der Waals surface area contributed by atoms with E-state index in [4.69, 9.17) is 19.4 Å². The second-order valence-corrected chi connectivity index (χ2v) is 10.2. The summed E-state index contributed by atoms with van der Waals surface area (Å²) in [5, 5.41) is 29.8. The van der Waals surface area contributed by atoms with Crippen LogP contribution in [0.2, 0.25) is 0 Å². The van der Waals surface area contributed by atoms with E-state index in [9.17, 15) is 20.1 Å². The second-order valence-electron chi connectivity index (χ2n) is 10.2. The lowest BCUT2D eigenvalue weighted by Gasteiger charge is -2.12. The van der Waals surface area contributed by atoms with Crippen LogP contribution in [0, 0.1) is 0 Å². The molecule has 4 aromatic heterocycles. The minimum Gasteiger partial charge on any atom is -0.497 e. The Balaban J connectivity index is 1.38. The Morgan fingerprint density at radius 2 is 0.978 bits per heavy atom. The molecule has 6 aromatic rings. The maximum atomic E-state index is 12.0. The van der Waals surface area contributed by atoms with E-state index in [1.54, 1.807) is 68.8 Å². The number of hydrogen-bond acceptors (Lipinski definition) is 9. The van der Waals surface area contributed by atoms with Crippen LogP contribution >= 0.6 is 0 Å². The molecule has 4 heterocycles. The van der Waals surface area contributed by atoms with Crippen LogP contribution in [0.1, 0.15) is 22.5 Å². The Morgan fingerprint density at radius 1 is 0.543 bits per heavy atom. The average molecular weight is 613 g/mol. The van der Waals surface area contributed by atoms with Crippen molar-refractivity contribution in [3.63, 3.8) is 0 Å². The Bertz CT molecular complexity index is 2030. The van der Waals surface area contributed by atoms with E-state index in [1.807, 2.05) is 48.5 Å². The fourth-order valence-electron chi connectivity index (χ4n) is 4.93. The quantitative estimate of drug-likeness (QED) is 0.159. The van der Waals surface area contributed by atoms with Crippen LogP contribution in [0.5, 0.6) is 11.5 Å². The summed E-state index contributed by atoms with van der Waals surface area (Å²) in [5.41, 5.74) is 5.84. The molecule has 0 saturated heterocycles. The number of benzene rings is 2. The summed E-state index contributed by atoms with van der Waals surface area (Å²) in [4.78, 5) is 30.4. The van der Waals surface area contributed by atoms with Gasteiger partial charge in [0.05, 0.1) is 54.1 Å². The number of aromatic nitrogens is 4. The van der Waals surface area contributed by atoms with Crippen LogP contribution < -0.4 is 9.47 Å². The van der Waals surface area contributed by atoms with Crippen LogP contribution in [0.25, 0.3) is 56.4 Å². The SMILES string of the molecule is COc1ccc(-c2cc(C(=O)O)nc(-c3cccc(-c4cccc(-c5cc(-c6ccc(OC)cc6)cc(C(O)O)n5)n4)n3)c2)cc1. The Morgan fingerprint density at radius 3 is 1.41 bits per heavy atom. The van der Waals surface area contributed by atoms with Gasteiger partial charge in [0.2, 0.25) is 0 Å². The third kappa shape index (κ3) is 6.43. The van der Waals surface area contributed by atoms with E-state index >= 15 is 0 Å². The number of carboxylic acids is 1. The molecule has 0 bridgehead atoms. The zero-order valence-electron chi connectivity index (χ0n) is 24.8. The van der Waals surface area contributed by atoms with Gasteiger partial charge in [-0.2, -0.15) is 0 Å². The van der Waals surface area contributed by atoms with Crippen LogP contribution in [-0.4, -0.2) is 55.4 Å². The van der Waals surface area contributed by atoms with Crippen LogP contribution in [0.3, 0.4) is 0 Å². The van der Waals surface area contributed by atoms with Crippen LogP contribution in [-0.2, 0) is 0 Å². The smallest absolute Gasteiger partial charge is 0.354 e. The topological polar surface area (TPSA) is 148 Å². The van der Waals surface area contributed by atoms with Gasteiger partial charge in [0.15, 0.2) is 6.29 Å². The van der Waals surface area contributed by atoms with Crippen molar-refractivity contribution in [1.29, 1.82) is 0 Å². The van der Waals surface area contributed by atoms with Crippen molar-refractivity contribution >= 4 is 5.97 Å². The van der Waals surface area contributed by atoms with Gasteiger partial charge in [0.25, 0.3) is 0 Å². The lowest BCUT2D eigenvalue weighted by atomic mass is 10.0. The molecule has 10 nitrogen and oxygen atoms in total. The van der Waals surface area contributed by atoms with Crippen molar-refractivity contribution in [2.24, 2.45) is 0 Å². The largest absolute Gasteiger partial charge is 0.497 e. The van der Waals surface area contributed by atoms with Crippen LogP contribution in [0.15, 0.2) is 109 Å². The number of methoxy groups -OCH3 is 2. The molecule has 2 aromatic carbocycles. The predicted octanol–water partition coefficient (Wildman–Crippen LogP) is 6.30. The summed E-state index contributed by atoms with van der Waals surface area (Å²) >= 11 is 0. The molecule has 228 valence electrons. The molecule has 0 saturated carbocycles. The number of aromatic carboxylic acids is 1. The number of nitrogens with zero attached hydrogens (tertiary/aromatic N) is 4. The van der Waals surface area contributed by atoms with Gasteiger partial charge in [-0.05, 0) is 95.1 Å². The van der Waals surface area contributed by atoms with E-state index in [0.717, 1.165) is 16.7 Å². The first-order valence-electron chi connectivity index (χ1n) is 14.2. The fraction of sp³-hybridized carbons (Fsp3) is 0.0833. The Labute approximate surface area is 264 Å². The summed E-state index contributed by atoms with van der Waals surface area (Å²) in [6, 6.07) is 32.2. The average Bonchev–Trinajstić information content (AvgIpc) is 3.11. The molecule has 0 unspecified atom stereocenters. The minimum absolute atomic E-state index is 0.0766. The summed E-state index contributed by atoms with van der Waals surface area (Å²) in [5.74, 6) is 0.234. The molecular weight excluding hydrogens is 584 g/mol. The monoisotopic (exact) mass is 612 g/mol. The normalized spacial score (nSPS) is 11.0. The van der Waals surface area contributed by atoms with Gasteiger partial charge in [0, 0.05) is 0 Å². The fourth-order valence-corrected chi connectivity index (χ4v) is 4.93. The van der Waals surface area contributed by atoms with Crippen molar-refractivity contribution < 1.29 is 29.6 Å². The molecule has 0 aliphatic heterocycles. The third-order valence-electron chi connectivity index (χ3n) is 7.29. The molecule has 0 aliphatic carbocycles. The van der Waals surface area contributed by atoms with Gasteiger partial charge < -0.3 is 24.8 Å². The van der Waals surface area contributed by atoms with Gasteiger partial charge in [-0.1, -0.05) is 36.4 Å². The van der Waals surface area contributed by atoms with Gasteiger partial charge in [-0.25, -0.2) is 24.7 Å². The predicted molar refractivity (Wildman–Crippen MR) is 172 cm³/mol. The highest BCUT2D eigenvalue weighted by atomic mass is 16.5. The van der Waals surface area contributed by atoms with Crippen molar-refractivity contribution in [1.82, 2.24) is 19.9 Å². The zero-order chi connectivity index (χ0) is 32.2. The van der Waals surface area contributed by atoms with Gasteiger partial charge in [-0.15, -0.1) is 0 Å². The summed E-state index contributed by atoms with van der Waals surface area (Å²) < 4.78 is 10.5. The minimum atomic E-state index is -1.78. The van der Waals surface area contributed by atoms with Crippen molar-refractivity contribution in [2.45, 2.75) is 6.29 Å². The summed E-state index contributed by atoms with van der Waals surface area (Å²) in [6.45, 7) is 0. The molecule has 3 N–H and O–H groups in total. The second kappa shape index (κ2) is 12.9. The van der Waals surface area contributed by atoms with Crippen molar-refractivity contribution in [2.75, 3.05) is 14.2 Å². The maximum absolute atomic E-state index is 12.0. The molecule has 0 atom stereocenters. The molecule has 0 aliphatic rings. The van der Waals surface area contributed by atoms with E-state index < -0.39 is 12.3 Å². The Kier molecular flexibility index (Phi) is 8.46. The number of carbonyl (C=O) groups is 1. The van der Waals surface area contributed by atoms with E-state index in [1.165, 1.54) is 6.07 Å². The number of hydrogen-bond donors (Lipinski definition) is 3. The number of aliphatic hydroxyl groups excluding tert-OH is 1. The zero-order valence-corrected chi connectivity index (χ0v) is 24.8. The van der Waals surface area contributed by atoms with Gasteiger partial charge in [0.1, 0.15) is 17.2 Å². The Hall–Kier alpha value is -5.97. The number of pyridine rings is 4. The molecule has 0 radical (unpaired) electrons. The van der Waals surface area contributed by atoms with E-state index in [-0.39, 0.29) is 11.4 Å². The summed E-state index contributed by atoms with van der Waals surface area (Å²) in [6.07, 6.45) is -1.78. The first-order valence-corrected chi connectivity index (χ1v) is 14.2.